The zero-order valence-electron chi connectivity index (χ0n) is 32.0. The third kappa shape index (κ3) is 12.5. The summed E-state index contributed by atoms with van der Waals surface area (Å²) >= 11 is 0. The van der Waals surface area contributed by atoms with Crippen LogP contribution in [0.2, 0.25) is 0 Å². The Balaban J connectivity index is 1.02. The second-order valence-electron chi connectivity index (χ2n) is 13.6. The molecular formula is C43H45NO14. The highest BCUT2D eigenvalue weighted by Gasteiger charge is 2.34. The summed E-state index contributed by atoms with van der Waals surface area (Å²) in [5, 5.41) is 7.88. The normalized spacial score (nSPS) is 18.6. The predicted molar refractivity (Wildman–Crippen MR) is 204 cm³/mol. The fourth-order valence-corrected chi connectivity index (χ4v) is 6.40. The molecule has 0 bridgehead atoms. The first-order valence-electron chi connectivity index (χ1n) is 19.0. The summed E-state index contributed by atoms with van der Waals surface area (Å²) in [6.07, 6.45) is 5.68. The molecule has 2 saturated carbocycles. The summed E-state index contributed by atoms with van der Waals surface area (Å²) in [6, 6.07) is 17.0. The van der Waals surface area contributed by atoms with E-state index < -0.39 is 53.5 Å². The molecule has 15 nitrogen and oxygen atoms in total. The lowest BCUT2D eigenvalue weighted by Gasteiger charge is -2.26. The van der Waals surface area contributed by atoms with Gasteiger partial charge in [-0.15, -0.1) is 0 Å². The van der Waals surface area contributed by atoms with E-state index in [0.29, 0.717) is 74.4 Å². The Labute approximate surface area is 335 Å². The third-order valence-electron chi connectivity index (χ3n) is 9.77. The standard InChI is InChI=1S/C43H45NO14/c1-3-38(45)53-25-51-32-13-17-34(18-14-32)55-40(47)27-5-7-29(8-6-27)42(49)57-36-21-22-37(31(23-36)24-44)58-43(50)30-11-9-28(10-12-30)41(48)56-35-19-15-33(16-20-35)52-26-54-39(46)4-2/h3,13-24,27-30,44H,1,4-12,25-26H2,2H3. The summed E-state index contributed by atoms with van der Waals surface area (Å²) in [5.41, 5.74) is 0.247. The van der Waals surface area contributed by atoms with Gasteiger partial charge in [-0.3, -0.25) is 24.0 Å². The molecule has 0 amide bonds. The van der Waals surface area contributed by atoms with Gasteiger partial charge < -0.3 is 43.3 Å². The van der Waals surface area contributed by atoms with Crippen molar-refractivity contribution < 1.29 is 66.7 Å². The van der Waals surface area contributed by atoms with Gasteiger partial charge >= 0.3 is 35.8 Å². The molecule has 3 aromatic carbocycles. The first-order chi connectivity index (χ1) is 28.0. The van der Waals surface area contributed by atoms with Crippen LogP contribution in [0.15, 0.2) is 79.4 Å². The Morgan fingerprint density at radius 1 is 0.569 bits per heavy atom. The van der Waals surface area contributed by atoms with Crippen LogP contribution >= 0.6 is 0 Å². The Kier molecular flexibility index (Phi) is 15.5. The predicted octanol–water partition coefficient (Wildman–Crippen LogP) is 6.67. The van der Waals surface area contributed by atoms with Crippen molar-refractivity contribution in [3.05, 3.63) is 84.9 Å². The van der Waals surface area contributed by atoms with Crippen LogP contribution in [0.25, 0.3) is 0 Å². The quantitative estimate of drug-likeness (QED) is 0.0499. The Morgan fingerprint density at radius 3 is 1.36 bits per heavy atom. The van der Waals surface area contributed by atoms with Crippen LogP contribution in [0, 0.1) is 29.1 Å². The fourth-order valence-electron chi connectivity index (χ4n) is 6.40. The average Bonchev–Trinajstić information content (AvgIpc) is 3.25. The highest BCUT2D eigenvalue weighted by molar-refractivity contribution is 5.86. The van der Waals surface area contributed by atoms with Crippen molar-refractivity contribution in [1.29, 1.82) is 5.41 Å². The highest BCUT2D eigenvalue weighted by Crippen LogP contribution is 2.34. The van der Waals surface area contributed by atoms with Gasteiger partial charge in [-0.2, -0.15) is 0 Å². The van der Waals surface area contributed by atoms with Gasteiger partial charge in [0.25, 0.3) is 0 Å². The molecule has 3 aromatic rings. The van der Waals surface area contributed by atoms with Crippen LogP contribution < -0.4 is 28.4 Å². The minimum atomic E-state index is -0.612. The fraction of sp³-hybridized carbons (Fsp3) is 0.372. The lowest BCUT2D eigenvalue weighted by molar-refractivity contribution is -0.150. The SMILES string of the molecule is C=CC(=O)OCOc1ccc(OC(=O)C2CCC(C(=O)Oc3ccc(OC(=O)C4CCC(C(=O)Oc5ccc(OCOC(=O)CC)cc5)CC4)c(C=N)c3)CC2)cc1. The van der Waals surface area contributed by atoms with Crippen LogP contribution in [-0.4, -0.2) is 55.6 Å². The summed E-state index contributed by atoms with van der Waals surface area (Å²) in [7, 11) is 0. The molecular weight excluding hydrogens is 754 g/mol. The van der Waals surface area contributed by atoms with E-state index in [1.165, 1.54) is 18.2 Å². The Morgan fingerprint density at radius 2 is 0.948 bits per heavy atom. The van der Waals surface area contributed by atoms with Crippen molar-refractivity contribution >= 4 is 42.0 Å². The van der Waals surface area contributed by atoms with Crippen LogP contribution in [0.4, 0.5) is 0 Å². The Hall–Kier alpha value is -6.51. The zero-order chi connectivity index (χ0) is 41.4. The Bertz CT molecular complexity index is 1940. The first-order valence-corrected chi connectivity index (χ1v) is 19.0. The largest absolute Gasteiger partial charge is 0.457 e. The minimum absolute atomic E-state index is 0.146. The first kappa shape index (κ1) is 42.6. The maximum Gasteiger partial charge on any atom is 0.333 e. The summed E-state index contributed by atoms with van der Waals surface area (Å²) in [5.74, 6) is -2.55. The summed E-state index contributed by atoms with van der Waals surface area (Å²) in [4.78, 5) is 74.1. The molecule has 0 heterocycles. The van der Waals surface area contributed by atoms with Gasteiger partial charge in [-0.1, -0.05) is 13.5 Å². The number of carbonyl (C=O) groups is 6. The monoisotopic (exact) mass is 799 g/mol. The second-order valence-corrected chi connectivity index (χ2v) is 13.6. The number of hydrogen-bond donors (Lipinski definition) is 1. The molecule has 2 aliphatic carbocycles. The molecule has 0 saturated heterocycles. The number of nitrogens with one attached hydrogen (secondary N) is 1. The number of ether oxygens (including phenoxy) is 8. The lowest BCUT2D eigenvalue weighted by atomic mass is 9.82. The van der Waals surface area contributed by atoms with Crippen molar-refractivity contribution in [2.45, 2.75) is 64.7 Å². The molecule has 0 spiro atoms. The zero-order valence-corrected chi connectivity index (χ0v) is 32.0. The van der Waals surface area contributed by atoms with Gasteiger partial charge in [0.1, 0.15) is 34.5 Å². The van der Waals surface area contributed by atoms with Crippen molar-refractivity contribution in [3.8, 4) is 34.5 Å². The van der Waals surface area contributed by atoms with Gasteiger partial charge in [0.05, 0.1) is 23.7 Å². The van der Waals surface area contributed by atoms with Gasteiger partial charge in [-0.25, -0.2) is 4.79 Å². The number of benzene rings is 3. The van der Waals surface area contributed by atoms with Crippen molar-refractivity contribution in [2.75, 3.05) is 13.6 Å². The van der Waals surface area contributed by atoms with E-state index in [4.69, 9.17) is 43.3 Å². The molecule has 0 aromatic heterocycles. The number of rotatable bonds is 17. The molecule has 5 rings (SSSR count). The van der Waals surface area contributed by atoms with E-state index in [2.05, 4.69) is 6.58 Å². The average molecular weight is 800 g/mol. The van der Waals surface area contributed by atoms with Gasteiger partial charge in [0.2, 0.25) is 13.6 Å². The molecule has 0 atom stereocenters. The molecule has 1 N–H and O–H groups in total. The molecule has 2 aliphatic rings. The van der Waals surface area contributed by atoms with Crippen LogP contribution in [0.5, 0.6) is 34.5 Å². The van der Waals surface area contributed by atoms with Gasteiger partial charge in [0, 0.05) is 24.3 Å². The molecule has 0 unspecified atom stereocenters. The van der Waals surface area contributed by atoms with Crippen LogP contribution in [-0.2, 0) is 38.2 Å². The molecule has 58 heavy (non-hydrogen) atoms. The smallest absolute Gasteiger partial charge is 0.333 e. The molecule has 0 aliphatic heterocycles. The van der Waals surface area contributed by atoms with Gasteiger partial charge in [-0.05, 0) is 118 Å². The number of esters is 6. The minimum Gasteiger partial charge on any atom is -0.457 e. The molecule has 0 radical (unpaired) electrons. The third-order valence-corrected chi connectivity index (χ3v) is 9.77. The van der Waals surface area contributed by atoms with Crippen LogP contribution in [0.1, 0.15) is 70.3 Å². The number of carbonyl (C=O) groups excluding carboxylic acids is 6. The van der Waals surface area contributed by atoms with E-state index in [1.807, 2.05) is 0 Å². The van der Waals surface area contributed by atoms with Gasteiger partial charge in [0.15, 0.2) is 0 Å². The van der Waals surface area contributed by atoms with Crippen molar-refractivity contribution in [1.82, 2.24) is 0 Å². The molecule has 2 fully saturated rings. The van der Waals surface area contributed by atoms with Crippen molar-refractivity contribution in [2.24, 2.45) is 23.7 Å². The topological polar surface area (TPSA) is 200 Å². The number of hydrogen-bond acceptors (Lipinski definition) is 15. The lowest BCUT2D eigenvalue weighted by Crippen LogP contribution is -2.30. The maximum atomic E-state index is 13.1. The van der Waals surface area contributed by atoms with E-state index >= 15 is 0 Å². The van der Waals surface area contributed by atoms with E-state index in [0.717, 1.165) is 12.3 Å². The molecule has 306 valence electrons. The molecule has 15 heteroatoms. The summed E-state index contributed by atoms with van der Waals surface area (Å²) in [6.45, 7) is 4.48. The van der Waals surface area contributed by atoms with E-state index in [9.17, 15) is 28.8 Å². The summed E-state index contributed by atoms with van der Waals surface area (Å²) < 4.78 is 42.6. The van der Waals surface area contributed by atoms with E-state index in [1.54, 1.807) is 55.5 Å². The van der Waals surface area contributed by atoms with E-state index in [-0.39, 0.29) is 43.0 Å². The van der Waals surface area contributed by atoms with Crippen LogP contribution in [0.3, 0.4) is 0 Å². The highest BCUT2D eigenvalue weighted by atomic mass is 16.7. The maximum absolute atomic E-state index is 13.1. The second kappa shape index (κ2) is 21.1. The van der Waals surface area contributed by atoms with Crippen molar-refractivity contribution in [3.63, 3.8) is 0 Å².